The van der Waals surface area contributed by atoms with Gasteiger partial charge in [0.1, 0.15) is 0 Å². The normalized spacial score (nSPS) is 10.8. The van der Waals surface area contributed by atoms with E-state index in [-0.39, 0.29) is 0 Å². The highest BCUT2D eigenvalue weighted by molar-refractivity contribution is 5.87. The summed E-state index contributed by atoms with van der Waals surface area (Å²) in [5.41, 5.74) is 5.42. The molecule has 3 rings (SSSR count). The molecule has 0 spiro atoms. The molecule has 0 aliphatic heterocycles. The maximum atomic E-state index is 4.48. The van der Waals surface area contributed by atoms with E-state index in [1.165, 1.54) is 11.1 Å². The fourth-order valence-electron chi connectivity index (χ4n) is 2.21. The number of pyridine rings is 1. The molecule has 18 heavy (non-hydrogen) atoms. The quantitative estimate of drug-likeness (QED) is 0.607. The molecule has 88 valence electrons. The van der Waals surface area contributed by atoms with Crippen molar-refractivity contribution in [1.29, 1.82) is 0 Å². The first-order chi connectivity index (χ1) is 8.77. The van der Waals surface area contributed by atoms with Crippen molar-refractivity contribution in [2.24, 2.45) is 7.05 Å². The van der Waals surface area contributed by atoms with Gasteiger partial charge in [0.05, 0.1) is 7.05 Å². The maximum absolute atomic E-state index is 4.48. The van der Waals surface area contributed by atoms with E-state index in [0.717, 1.165) is 16.7 Å². The Morgan fingerprint density at radius 1 is 1.00 bits per heavy atom. The maximum Gasteiger partial charge on any atom is 0.287 e. The van der Waals surface area contributed by atoms with Gasteiger partial charge >= 0.3 is 0 Å². The molecule has 0 aliphatic carbocycles. The summed E-state index contributed by atoms with van der Waals surface area (Å²) in [5, 5.41) is 0. The lowest BCUT2D eigenvalue weighted by atomic mass is 10.0. The molecule has 0 saturated carbocycles. The number of fused-ring (bicyclic) bond motifs is 1. The van der Waals surface area contributed by atoms with Gasteiger partial charge < -0.3 is 0 Å². The molecule has 0 fully saturated rings. The molecule has 0 saturated heterocycles. The van der Waals surface area contributed by atoms with Crippen LogP contribution in [0.15, 0.2) is 48.9 Å². The minimum absolute atomic E-state index is 0.925. The average molecular weight is 236 g/mol. The zero-order valence-corrected chi connectivity index (χ0v) is 10.5. The van der Waals surface area contributed by atoms with E-state index in [4.69, 9.17) is 0 Å². The van der Waals surface area contributed by atoms with Crippen molar-refractivity contribution in [3.05, 3.63) is 54.5 Å². The number of hydrogen-bond acceptors (Lipinski definition) is 2. The number of aryl methyl sites for hydroxylation is 2. The van der Waals surface area contributed by atoms with E-state index in [1.807, 2.05) is 36.3 Å². The van der Waals surface area contributed by atoms with Crippen LogP contribution in [0.5, 0.6) is 0 Å². The number of hydrogen-bond donors (Lipinski definition) is 0. The van der Waals surface area contributed by atoms with Crippen LogP contribution in [0.1, 0.15) is 5.56 Å². The molecule has 3 nitrogen and oxygen atoms in total. The number of nitrogens with zero attached hydrogens (tertiary/aromatic N) is 3. The Kier molecular flexibility index (Phi) is 2.52. The standard InChI is InChI=1S/C15H14N3/c1-11-6-3-4-7-12(11)15-14-13(8-5-9-16-14)17-10-18(15)2/h3-10H,1-2H3/q+1. The summed E-state index contributed by atoms with van der Waals surface area (Å²) in [7, 11) is 2.00. The second-order valence-electron chi connectivity index (χ2n) is 4.39. The lowest BCUT2D eigenvalue weighted by molar-refractivity contribution is -0.662. The summed E-state index contributed by atoms with van der Waals surface area (Å²) in [6.45, 7) is 2.12. The van der Waals surface area contributed by atoms with Crippen molar-refractivity contribution in [3.8, 4) is 11.3 Å². The van der Waals surface area contributed by atoms with E-state index in [2.05, 4.69) is 41.2 Å². The summed E-state index contributed by atoms with van der Waals surface area (Å²) >= 11 is 0. The Bertz CT molecular complexity index is 720. The molecule has 0 unspecified atom stereocenters. The van der Waals surface area contributed by atoms with E-state index >= 15 is 0 Å². The lowest BCUT2D eigenvalue weighted by Gasteiger charge is -2.07. The first-order valence-electron chi connectivity index (χ1n) is 5.93. The van der Waals surface area contributed by atoms with Gasteiger partial charge in [-0.1, -0.05) is 24.3 Å². The fraction of sp³-hybridized carbons (Fsp3) is 0.133. The predicted octanol–water partition coefficient (Wildman–Crippen LogP) is 2.43. The molecule has 1 aromatic carbocycles. The van der Waals surface area contributed by atoms with Crippen LogP contribution in [0.2, 0.25) is 0 Å². The molecule has 2 heterocycles. The van der Waals surface area contributed by atoms with Gasteiger partial charge in [-0.15, -0.1) is 0 Å². The third-order valence-corrected chi connectivity index (χ3v) is 3.13. The molecule has 0 atom stereocenters. The minimum Gasteiger partial charge on any atom is -0.248 e. The summed E-state index contributed by atoms with van der Waals surface area (Å²) in [4.78, 5) is 8.87. The fourth-order valence-corrected chi connectivity index (χ4v) is 2.21. The smallest absolute Gasteiger partial charge is 0.248 e. The van der Waals surface area contributed by atoms with Crippen LogP contribution in [0, 0.1) is 6.92 Å². The number of aromatic nitrogens is 3. The summed E-state index contributed by atoms with van der Waals surface area (Å²) < 4.78 is 2.03. The highest BCUT2D eigenvalue weighted by Gasteiger charge is 2.16. The van der Waals surface area contributed by atoms with Gasteiger partial charge in [-0.2, -0.15) is 0 Å². The Labute approximate surface area is 106 Å². The van der Waals surface area contributed by atoms with Gasteiger partial charge in [0.15, 0.2) is 11.2 Å². The number of rotatable bonds is 1. The summed E-state index contributed by atoms with van der Waals surface area (Å²) in [6.07, 6.45) is 3.65. The Morgan fingerprint density at radius 3 is 2.67 bits per heavy atom. The summed E-state index contributed by atoms with van der Waals surface area (Å²) in [6, 6.07) is 12.2. The van der Waals surface area contributed by atoms with Crippen LogP contribution in [0.25, 0.3) is 22.3 Å². The molecule has 0 N–H and O–H groups in total. The van der Waals surface area contributed by atoms with Gasteiger partial charge in [-0.05, 0) is 29.6 Å². The van der Waals surface area contributed by atoms with Crippen molar-refractivity contribution in [3.63, 3.8) is 0 Å². The van der Waals surface area contributed by atoms with E-state index < -0.39 is 0 Å². The van der Waals surface area contributed by atoms with Crippen molar-refractivity contribution >= 4 is 11.0 Å². The van der Waals surface area contributed by atoms with Crippen LogP contribution < -0.4 is 4.57 Å². The Hall–Kier alpha value is -2.29. The van der Waals surface area contributed by atoms with Crippen LogP contribution in [0.3, 0.4) is 0 Å². The third kappa shape index (κ3) is 1.64. The third-order valence-electron chi connectivity index (χ3n) is 3.13. The van der Waals surface area contributed by atoms with Gasteiger partial charge in [0.2, 0.25) is 5.52 Å². The molecular formula is C15H14N3+. The minimum atomic E-state index is 0.925. The molecule has 0 bridgehead atoms. The molecule has 3 heteroatoms. The van der Waals surface area contributed by atoms with Crippen LogP contribution in [-0.2, 0) is 7.05 Å². The number of benzene rings is 1. The van der Waals surface area contributed by atoms with E-state index in [0.29, 0.717) is 0 Å². The topological polar surface area (TPSA) is 29.7 Å². The van der Waals surface area contributed by atoms with Gasteiger partial charge in [0, 0.05) is 11.8 Å². The monoisotopic (exact) mass is 236 g/mol. The highest BCUT2D eigenvalue weighted by Crippen LogP contribution is 2.24. The van der Waals surface area contributed by atoms with Gasteiger partial charge in [-0.3, -0.25) is 0 Å². The molecule has 3 aromatic rings. The lowest BCUT2D eigenvalue weighted by Crippen LogP contribution is -2.32. The molecular weight excluding hydrogens is 222 g/mol. The second kappa shape index (κ2) is 4.18. The Morgan fingerprint density at radius 2 is 1.83 bits per heavy atom. The van der Waals surface area contributed by atoms with Crippen molar-refractivity contribution in [2.45, 2.75) is 6.92 Å². The molecule has 0 aliphatic rings. The van der Waals surface area contributed by atoms with Crippen molar-refractivity contribution in [2.75, 3.05) is 0 Å². The first kappa shape index (κ1) is 10.8. The summed E-state index contributed by atoms with van der Waals surface area (Å²) in [5.74, 6) is 0. The predicted molar refractivity (Wildman–Crippen MR) is 70.9 cm³/mol. The van der Waals surface area contributed by atoms with Gasteiger partial charge in [-0.25, -0.2) is 9.55 Å². The van der Waals surface area contributed by atoms with Crippen molar-refractivity contribution in [1.82, 2.24) is 9.97 Å². The van der Waals surface area contributed by atoms with Crippen LogP contribution in [0.4, 0.5) is 0 Å². The van der Waals surface area contributed by atoms with Crippen LogP contribution in [-0.4, -0.2) is 9.97 Å². The van der Waals surface area contributed by atoms with Crippen LogP contribution >= 0.6 is 0 Å². The van der Waals surface area contributed by atoms with Crippen molar-refractivity contribution < 1.29 is 4.57 Å². The van der Waals surface area contributed by atoms with E-state index in [9.17, 15) is 0 Å². The molecule has 2 aromatic heterocycles. The molecule has 0 radical (unpaired) electrons. The average Bonchev–Trinajstić information content (AvgIpc) is 2.40. The zero-order valence-electron chi connectivity index (χ0n) is 10.5. The van der Waals surface area contributed by atoms with Gasteiger partial charge in [0.25, 0.3) is 6.33 Å². The largest absolute Gasteiger partial charge is 0.287 e. The first-order valence-corrected chi connectivity index (χ1v) is 5.93. The SMILES string of the molecule is Cc1ccccc1-c1c2ncccc2nc[n+]1C. The highest BCUT2D eigenvalue weighted by atomic mass is 15.0. The molecule has 0 amide bonds. The second-order valence-corrected chi connectivity index (χ2v) is 4.39. The zero-order chi connectivity index (χ0) is 12.5. The Balaban J connectivity index is 2.42. The van der Waals surface area contributed by atoms with E-state index in [1.54, 1.807) is 0 Å².